The van der Waals surface area contributed by atoms with E-state index in [1.165, 1.54) is 18.2 Å². The molecule has 0 aliphatic heterocycles. The van der Waals surface area contributed by atoms with Crippen molar-refractivity contribution < 1.29 is 14.8 Å². The molecule has 0 aliphatic rings. The second kappa shape index (κ2) is 5.90. The number of aliphatic hydroxyl groups excluding tert-OH is 1. The van der Waals surface area contributed by atoms with Crippen molar-refractivity contribution in [2.45, 2.75) is 13.0 Å². The summed E-state index contributed by atoms with van der Waals surface area (Å²) in [6.45, 7) is 1.59. The van der Waals surface area contributed by atoms with Gasteiger partial charge in [-0.15, -0.1) is 0 Å². The summed E-state index contributed by atoms with van der Waals surface area (Å²) in [5.41, 5.74) is 0.305. The van der Waals surface area contributed by atoms with Crippen LogP contribution in [0.5, 0.6) is 11.5 Å². The highest BCUT2D eigenvalue weighted by Crippen LogP contribution is 2.39. The largest absolute Gasteiger partial charge is 0.448 e. The van der Waals surface area contributed by atoms with Crippen molar-refractivity contribution in [3.63, 3.8) is 0 Å². The van der Waals surface area contributed by atoms with Crippen LogP contribution in [0.3, 0.4) is 0 Å². The monoisotopic (exact) mass is 293 g/mol. The Kier molecular flexibility index (Phi) is 4.22. The summed E-state index contributed by atoms with van der Waals surface area (Å²) in [6.07, 6.45) is -0.757. The zero-order valence-corrected chi connectivity index (χ0v) is 11.4. The minimum absolute atomic E-state index is 0.0349. The number of benzene rings is 2. The van der Waals surface area contributed by atoms with Crippen LogP contribution in [0.15, 0.2) is 42.5 Å². The van der Waals surface area contributed by atoms with Gasteiger partial charge in [0.15, 0.2) is 0 Å². The van der Waals surface area contributed by atoms with Crippen LogP contribution in [0.1, 0.15) is 18.6 Å². The van der Waals surface area contributed by atoms with Crippen molar-refractivity contribution in [3.05, 3.63) is 63.2 Å². The van der Waals surface area contributed by atoms with E-state index < -0.39 is 11.0 Å². The van der Waals surface area contributed by atoms with Gasteiger partial charge in [0, 0.05) is 11.6 Å². The summed E-state index contributed by atoms with van der Waals surface area (Å²) in [4.78, 5) is 10.4. The van der Waals surface area contributed by atoms with Crippen molar-refractivity contribution in [2.75, 3.05) is 0 Å². The van der Waals surface area contributed by atoms with Gasteiger partial charge in [-0.25, -0.2) is 0 Å². The molecule has 0 saturated carbocycles. The summed E-state index contributed by atoms with van der Waals surface area (Å²) in [6, 6.07) is 11.1. The Morgan fingerprint density at radius 3 is 2.60 bits per heavy atom. The lowest BCUT2D eigenvalue weighted by Crippen LogP contribution is -1.98. The number of nitrogens with zero attached hydrogens (tertiary/aromatic N) is 1. The fourth-order valence-electron chi connectivity index (χ4n) is 1.77. The molecule has 0 radical (unpaired) electrons. The summed E-state index contributed by atoms with van der Waals surface area (Å²) >= 11 is 5.96. The van der Waals surface area contributed by atoms with E-state index in [9.17, 15) is 15.2 Å². The van der Waals surface area contributed by atoms with E-state index in [0.717, 1.165) is 0 Å². The lowest BCUT2D eigenvalue weighted by Gasteiger charge is -2.13. The Labute approximate surface area is 120 Å². The predicted octanol–water partition coefficient (Wildman–Crippen LogP) is 4.09. The quantitative estimate of drug-likeness (QED) is 0.680. The van der Waals surface area contributed by atoms with E-state index in [2.05, 4.69) is 0 Å². The molecule has 0 unspecified atom stereocenters. The smallest absolute Gasteiger partial charge is 0.313 e. The molecule has 1 N–H and O–H groups in total. The molecule has 0 fully saturated rings. The second-order valence-electron chi connectivity index (χ2n) is 4.16. The van der Waals surface area contributed by atoms with Gasteiger partial charge in [-0.2, -0.15) is 0 Å². The fourth-order valence-corrected chi connectivity index (χ4v) is 1.98. The average molecular weight is 294 g/mol. The molecule has 0 aromatic heterocycles. The third-order valence-electron chi connectivity index (χ3n) is 2.72. The molecule has 0 saturated heterocycles. The second-order valence-corrected chi connectivity index (χ2v) is 4.57. The van der Waals surface area contributed by atoms with Crippen LogP contribution in [0, 0.1) is 10.1 Å². The number of rotatable bonds is 4. The molecule has 1 atom stereocenters. The Morgan fingerprint density at radius 1 is 1.25 bits per heavy atom. The van der Waals surface area contributed by atoms with Gasteiger partial charge in [0.1, 0.15) is 5.75 Å². The normalized spacial score (nSPS) is 11.9. The molecule has 0 amide bonds. The molecule has 2 aromatic rings. The standard InChI is InChI=1S/C14H12ClNO4/c1-9(17)10-5-2-3-8-13(10)20-14-11(15)6-4-7-12(14)16(18)19/h2-9,17H,1H3/t9-/m0/s1. The maximum absolute atomic E-state index is 11.0. The van der Waals surface area contributed by atoms with Crippen molar-refractivity contribution in [1.82, 2.24) is 0 Å². The van der Waals surface area contributed by atoms with Gasteiger partial charge >= 0.3 is 5.69 Å². The van der Waals surface area contributed by atoms with E-state index in [4.69, 9.17) is 16.3 Å². The molecule has 6 heteroatoms. The molecular formula is C14H12ClNO4. The highest BCUT2D eigenvalue weighted by molar-refractivity contribution is 6.32. The van der Waals surface area contributed by atoms with Crippen molar-refractivity contribution in [2.24, 2.45) is 0 Å². The number of halogens is 1. The number of nitro groups is 1. The molecule has 2 rings (SSSR count). The lowest BCUT2D eigenvalue weighted by atomic mass is 10.1. The molecule has 104 valence electrons. The lowest BCUT2D eigenvalue weighted by molar-refractivity contribution is -0.385. The van der Waals surface area contributed by atoms with Gasteiger partial charge in [-0.05, 0) is 19.1 Å². The number of hydrogen-bond donors (Lipinski definition) is 1. The van der Waals surface area contributed by atoms with Crippen LogP contribution in [-0.4, -0.2) is 10.0 Å². The van der Waals surface area contributed by atoms with Crippen LogP contribution in [0.2, 0.25) is 5.02 Å². The predicted molar refractivity (Wildman–Crippen MR) is 75.3 cm³/mol. The maximum Gasteiger partial charge on any atom is 0.313 e. The molecule has 0 heterocycles. The summed E-state index contributed by atoms with van der Waals surface area (Å²) in [7, 11) is 0. The van der Waals surface area contributed by atoms with Crippen LogP contribution in [0.25, 0.3) is 0 Å². The van der Waals surface area contributed by atoms with Crippen LogP contribution in [0.4, 0.5) is 5.69 Å². The molecule has 0 aliphatic carbocycles. The third-order valence-corrected chi connectivity index (χ3v) is 3.02. The first-order valence-corrected chi connectivity index (χ1v) is 6.26. The van der Waals surface area contributed by atoms with Crippen molar-refractivity contribution in [1.29, 1.82) is 0 Å². The van der Waals surface area contributed by atoms with E-state index in [1.54, 1.807) is 31.2 Å². The van der Waals surface area contributed by atoms with E-state index in [1.807, 2.05) is 0 Å². The van der Waals surface area contributed by atoms with E-state index >= 15 is 0 Å². The Hall–Kier alpha value is -2.11. The van der Waals surface area contributed by atoms with Gasteiger partial charge in [0.25, 0.3) is 0 Å². The van der Waals surface area contributed by atoms with Gasteiger partial charge in [-0.3, -0.25) is 10.1 Å². The van der Waals surface area contributed by atoms with E-state index in [-0.39, 0.29) is 16.5 Å². The zero-order valence-electron chi connectivity index (χ0n) is 10.6. The summed E-state index contributed by atoms with van der Waals surface area (Å²) in [5.74, 6) is 0.297. The van der Waals surface area contributed by atoms with Gasteiger partial charge in [0.2, 0.25) is 5.75 Å². The third kappa shape index (κ3) is 2.89. The van der Waals surface area contributed by atoms with Crippen molar-refractivity contribution in [3.8, 4) is 11.5 Å². The van der Waals surface area contributed by atoms with Crippen LogP contribution >= 0.6 is 11.6 Å². The van der Waals surface area contributed by atoms with Gasteiger partial charge in [-0.1, -0.05) is 35.9 Å². The highest BCUT2D eigenvalue weighted by atomic mass is 35.5. The molecule has 2 aromatic carbocycles. The highest BCUT2D eigenvalue weighted by Gasteiger charge is 2.20. The minimum Gasteiger partial charge on any atom is -0.448 e. The number of ether oxygens (including phenoxy) is 1. The van der Waals surface area contributed by atoms with E-state index in [0.29, 0.717) is 11.3 Å². The molecule has 5 nitrogen and oxygen atoms in total. The molecule has 0 bridgehead atoms. The number of hydrogen-bond acceptors (Lipinski definition) is 4. The zero-order chi connectivity index (χ0) is 14.7. The summed E-state index contributed by atoms with van der Waals surface area (Å²) < 4.78 is 5.56. The van der Waals surface area contributed by atoms with Gasteiger partial charge < -0.3 is 9.84 Å². The Morgan fingerprint density at radius 2 is 1.95 bits per heavy atom. The molecular weight excluding hydrogens is 282 g/mol. The Bertz CT molecular complexity index is 643. The minimum atomic E-state index is -0.757. The Balaban J connectivity index is 2.48. The average Bonchev–Trinajstić information content (AvgIpc) is 2.41. The summed E-state index contributed by atoms with van der Waals surface area (Å²) in [5, 5.41) is 20.8. The van der Waals surface area contributed by atoms with Gasteiger partial charge in [0.05, 0.1) is 16.0 Å². The number of para-hydroxylation sites is 2. The topological polar surface area (TPSA) is 72.6 Å². The molecule has 0 spiro atoms. The molecule has 20 heavy (non-hydrogen) atoms. The van der Waals surface area contributed by atoms with Crippen LogP contribution in [-0.2, 0) is 0 Å². The first-order chi connectivity index (χ1) is 9.50. The SMILES string of the molecule is C[C@H](O)c1ccccc1Oc1c(Cl)cccc1[N+](=O)[O-]. The van der Waals surface area contributed by atoms with Crippen molar-refractivity contribution >= 4 is 17.3 Å². The first kappa shape index (κ1) is 14.3. The fraction of sp³-hybridized carbons (Fsp3) is 0.143. The maximum atomic E-state index is 11.0. The first-order valence-electron chi connectivity index (χ1n) is 5.88. The van der Waals surface area contributed by atoms with Crippen LogP contribution < -0.4 is 4.74 Å². The number of aliphatic hydroxyl groups is 1. The number of nitro benzene ring substituents is 1.